The standard InChI is InChI=1S/C13H21N3O/c1-10-6-12(8-14-3)7-13(15-10)16-4-5-17-11(2)9-16/h6-7,11,14H,4-5,8-9H2,1-3H3. The average molecular weight is 235 g/mol. The molecule has 0 bridgehead atoms. The summed E-state index contributed by atoms with van der Waals surface area (Å²) in [5.74, 6) is 1.07. The van der Waals surface area contributed by atoms with Gasteiger partial charge in [-0.05, 0) is 38.6 Å². The van der Waals surface area contributed by atoms with Gasteiger partial charge in [0.2, 0.25) is 0 Å². The summed E-state index contributed by atoms with van der Waals surface area (Å²) < 4.78 is 5.56. The van der Waals surface area contributed by atoms with Crippen molar-refractivity contribution in [3.8, 4) is 0 Å². The highest BCUT2D eigenvalue weighted by Crippen LogP contribution is 2.18. The van der Waals surface area contributed by atoms with Crippen LogP contribution in [-0.2, 0) is 11.3 Å². The topological polar surface area (TPSA) is 37.4 Å². The zero-order valence-corrected chi connectivity index (χ0v) is 10.9. The predicted octanol–water partition coefficient (Wildman–Crippen LogP) is 1.33. The lowest BCUT2D eigenvalue weighted by Gasteiger charge is -2.32. The number of aryl methyl sites for hydroxylation is 1. The van der Waals surface area contributed by atoms with Crippen molar-refractivity contribution in [1.82, 2.24) is 10.3 Å². The maximum absolute atomic E-state index is 5.56. The van der Waals surface area contributed by atoms with E-state index in [9.17, 15) is 0 Å². The van der Waals surface area contributed by atoms with Gasteiger partial charge >= 0.3 is 0 Å². The summed E-state index contributed by atoms with van der Waals surface area (Å²) in [6.07, 6.45) is 0.291. The molecule has 1 atom stereocenters. The minimum atomic E-state index is 0.291. The van der Waals surface area contributed by atoms with Gasteiger partial charge in [0.1, 0.15) is 5.82 Å². The fourth-order valence-electron chi connectivity index (χ4n) is 2.22. The minimum Gasteiger partial charge on any atom is -0.375 e. The van der Waals surface area contributed by atoms with Crippen LogP contribution in [0.4, 0.5) is 5.82 Å². The molecule has 1 aromatic heterocycles. The van der Waals surface area contributed by atoms with Gasteiger partial charge in [0.25, 0.3) is 0 Å². The first-order valence-electron chi connectivity index (χ1n) is 6.18. The number of aromatic nitrogens is 1. The molecule has 0 aromatic carbocycles. The second-order valence-corrected chi connectivity index (χ2v) is 4.63. The first-order valence-corrected chi connectivity index (χ1v) is 6.18. The number of hydrogen-bond acceptors (Lipinski definition) is 4. The Balaban J connectivity index is 2.18. The lowest BCUT2D eigenvalue weighted by atomic mass is 10.2. The molecule has 1 unspecified atom stereocenters. The van der Waals surface area contributed by atoms with E-state index in [0.29, 0.717) is 6.10 Å². The largest absolute Gasteiger partial charge is 0.375 e. The Morgan fingerprint density at radius 3 is 3.06 bits per heavy atom. The third kappa shape index (κ3) is 3.17. The molecule has 1 aromatic rings. The van der Waals surface area contributed by atoms with Gasteiger partial charge in [0.15, 0.2) is 0 Å². The predicted molar refractivity (Wildman–Crippen MR) is 69.4 cm³/mol. The van der Waals surface area contributed by atoms with Crippen LogP contribution in [-0.4, -0.2) is 37.8 Å². The molecule has 1 fully saturated rings. The normalized spacial score (nSPS) is 20.6. The molecule has 0 radical (unpaired) electrons. The summed E-state index contributed by atoms with van der Waals surface area (Å²) >= 11 is 0. The number of ether oxygens (including phenoxy) is 1. The van der Waals surface area contributed by atoms with E-state index < -0.39 is 0 Å². The van der Waals surface area contributed by atoms with E-state index in [2.05, 4.69) is 34.3 Å². The highest BCUT2D eigenvalue weighted by molar-refractivity contribution is 5.43. The first kappa shape index (κ1) is 12.3. The van der Waals surface area contributed by atoms with Crippen LogP contribution < -0.4 is 10.2 Å². The smallest absolute Gasteiger partial charge is 0.129 e. The van der Waals surface area contributed by atoms with E-state index in [-0.39, 0.29) is 0 Å². The molecular formula is C13H21N3O. The van der Waals surface area contributed by atoms with Gasteiger partial charge in [0, 0.05) is 25.3 Å². The van der Waals surface area contributed by atoms with Crippen molar-refractivity contribution in [3.05, 3.63) is 23.4 Å². The molecule has 0 amide bonds. The molecule has 17 heavy (non-hydrogen) atoms. The van der Waals surface area contributed by atoms with Gasteiger partial charge in [-0.2, -0.15) is 0 Å². The third-order valence-electron chi connectivity index (χ3n) is 2.95. The van der Waals surface area contributed by atoms with Crippen molar-refractivity contribution in [3.63, 3.8) is 0 Å². The van der Waals surface area contributed by atoms with Crippen LogP contribution >= 0.6 is 0 Å². The SMILES string of the molecule is CNCc1cc(C)nc(N2CCOC(C)C2)c1. The maximum atomic E-state index is 5.56. The number of nitrogens with zero attached hydrogens (tertiary/aromatic N) is 2. The highest BCUT2D eigenvalue weighted by Gasteiger charge is 2.18. The summed E-state index contributed by atoms with van der Waals surface area (Å²) in [7, 11) is 1.96. The van der Waals surface area contributed by atoms with Gasteiger partial charge in [-0.1, -0.05) is 0 Å². The minimum absolute atomic E-state index is 0.291. The molecule has 1 N–H and O–H groups in total. The van der Waals surface area contributed by atoms with Crippen LogP contribution in [0.15, 0.2) is 12.1 Å². The molecule has 0 aliphatic carbocycles. The molecule has 1 aliphatic heterocycles. The van der Waals surface area contributed by atoms with Crippen LogP contribution in [0.1, 0.15) is 18.2 Å². The Hall–Kier alpha value is -1.13. The summed E-state index contributed by atoms with van der Waals surface area (Å²) in [6, 6.07) is 4.30. The Labute approximate surface area is 103 Å². The van der Waals surface area contributed by atoms with Crippen LogP contribution in [0, 0.1) is 6.92 Å². The summed E-state index contributed by atoms with van der Waals surface area (Å²) in [5, 5.41) is 3.18. The number of morpholine rings is 1. The Morgan fingerprint density at radius 1 is 1.53 bits per heavy atom. The maximum Gasteiger partial charge on any atom is 0.129 e. The average Bonchev–Trinajstić information content (AvgIpc) is 2.28. The van der Waals surface area contributed by atoms with E-state index in [1.807, 2.05) is 14.0 Å². The van der Waals surface area contributed by atoms with Crippen molar-refractivity contribution in [2.45, 2.75) is 26.5 Å². The molecule has 2 heterocycles. The zero-order valence-electron chi connectivity index (χ0n) is 10.9. The molecule has 4 heteroatoms. The van der Waals surface area contributed by atoms with Crippen molar-refractivity contribution in [2.24, 2.45) is 0 Å². The molecule has 1 aliphatic rings. The molecule has 2 rings (SSSR count). The Morgan fingerprint density at radius 2 is 2.35 bits per heavy atom. The summed E-state index contributed by atoms with van der Waals surface area (Å²) in [6.45, 7) is 7.69. The number of nitrogens with one attached hydrogen (secondary N) is 1. The van der Waals surface area contributed by atoms with Crippen molar-refractivity contribution in [1.29, 1.82) is 0 Å². The highest BCUT2D eigenvalue weighted by atomic mass is 16.5. The lowest BCUT2D eigenvalue weighted by molar-refractivity contribution is 0.0529. The zero-order chi connectivity index (χ0) is 12.3. The molecule has 0 spiro atoms. The molecular weight excluding hydrogens is 214 g/mol. The van der Waals surface area contributed by atoms with Crippen LogP contribution in [0.2, 0.25) is 0 Å². The first-order chi connectivity index (χ1) is 8.19. The van der Waals surface area contributed by atoms with Crippen LogP contribution in [0.25, 0.3) is 0 Å². The van der Waals surface area contributed by atoms with Gasteiger partial charge < -0.3 is 15.0 Å². The van der Waals surface area contributed by atoms with Crippen LogP contribution in [0.5, 0.6) is 0 Å². The van der Waals surface area contributed by atoms with E-state index >= 15 is 0 Å². The fourth-order valence-corrected chi connectivity index (χ4v) is 2.22. The van der Waals surface area contributed by atoms with Crippen molar-refractivity contribution < 1.29 is 4.74 Å². The van der Waals surface area contributed by atoms with Gasteiger partial charge in [-0.25, -0.2) is 4.98 Å². The molecule has 1 saturated heterocycles. The second-order valence-electron chi connectivity index (χ2n) is 4.63. The molecule has 4 nitrogen and oxygen atoms in total. The van der Waals surface area contributed by atoms with E-state index in [0.717, 1.165) is 37.8 Å². The quantitative estimate of drug-likeness (QED) is 0.858. The number of pyridine rings is 1. The monoisotopic (exact) mass is 235 g/mol. The number of rotatable bonds is 3. The van der Waals surface area contributed by atoms with E-state index in [4.69, 9.17) is 4.74 Å². The van der Waals surface area contributed by atoms with Gasteiger partial charge in [0.05, 0.1) is 12.7 Å². The summed E-state index contributed by atoms with van der Waals surface area (Å²) in [4.78, 5) is 6.92. The number of anilines is 1. The van der Waals surface area contributed by atoms with Crippen molar-refractivity contribution in [2.75, 3.05) is 31.6 Å². The third-order valence-corrected chi connectivity index (χ3v) is 2.95. The van der Waals surface area contributed by atoms with E-state index in [1.54, 1.807) is 0 Å². The van der Waals surface area contributed by atoms with Crippen molar-refractivity contribution >= 4 is 5.82 Å². The van der Waals surface area contributed by atoms with E-state index in [1.165, 1.54) is 5.56 Å². The summed E-state index contributed by atoms with van der Waals surface area (Å²) in [5.41, 5.74) is 2.36. The second kappa shape index (κ2) is 5.47. The van der Waals surface area contributed by atoms with Crippen LogP contribution in [0.3, 0.4) is 0 Å². The number of hydrogen-bond donors (Lipinski definition) is 1. The Kier molecular flexibility index (Phi) is 3.97. The fraction of sp³-hybridized carbons (Fsp3) is 0.615. The lowest BCUT2D eigenvalue weighted by Crippen LogP contribution is -2.41. The molecule has 94 valence electrons. The molecule has 0 saturated carbocycles. The van der Waals surface area contributed by atoms with Gasteiger partial charge in [-0.3, -0.25) is 0 Å². The van der Waals surface area contributed by atoms with Gasteiger partial charge in [-0.15, -0.1) is 0 Å². The Bertz CT molecular complexity index is 381.